The van der Waals surface area contributed by atoms with Crippen molar-refractivity contribution in [3.05, 3.63) is 0 Å². The van der Waals surface area contributed by atoms with Crippen molar-refractivity contribution in [2.24, 2.45) is 0 Å². The van der Waals surface area contributed by atoms with E-state index in [9.17, 15) is 0 Å². The highest BCUT2D eigenvalue weighted by atomic mass is 16.6. The van der Waals surface area contributed by atoms with Gasteiger partial charge < -0.3 is 24.0 Å². The molecule has 376 valence electrons. The summed E-state index contributed by atoms with van der Waals surface area (Å²) in [6.45, 7) is 30.5. The molecule has 0 rings (SSSR count). The van der Waals surface area contributed by atoms with E-state index in [2.05, 4.69) is 55.4 Å². The monoisotopic (exact) mass is 881 g/mol. The Morgan fingerprint density at radius 1 is 0.226 bits per heavy atom. The second-order valence-electron chi connectivity index (χ2n) is 20.0. The van der Waals surface area contributed by atoms with Crippen LogP contribution in [0.2, 0.25) is 0 Å². The van der Waals surface area contributed by atoms with E-state index < -0.39 is 6.16 Å². The molecule has 0 bridgehead atoms. The summed E-state index contributed by atoms with van der Waals surface area (Å²) in [6.07, 6.45) is 55.3. The summed E-state index contributed by atoms with van der Waals surface area (Å²) in [5, 5.41) is 16.7. The fourth-order valence-corrected chi connectivity index (χ4v) is 9.75. The second kappa shape index (κ2) is 54.5. The van der Waals surface area contributed by atoms with Crippen LogP contribution in [-0.2, 0) is 0 Å². The lowest BCUT2D eigenvalue weighted by molar-refractivity contribution is -0.929. The molecule has 0 fully saturated rings. The number of carbonyl (C=O) groups excluding carboxylic acids is 1. The summed E-state index contributed by atoms with van der Waals surface area (Å²) in [5.74, 6) is 0. The van der Waals surface area contributed by atoms with Gasteiger partial charge in [0.2, 0.25) is 0 Å². The van der Waals surface area contributed by atoms with Crippen molar-refractivity contribution in [3.63, 3.8) is 0 Å². The summed E-state index contributed by atoms with van der Waals surface area (Å²) in [5.41, 5.74) is 0. The standard InChI is InChI=1S/2C28H60N.CH2O3/c2*1-5-9-13-17-21-25-29(26-22-18-14-10-6-2,27-23-19-15-11-7-3)28-24-20-16-12-8-4;2-1(3)4/h2*5-28H2,1-4H3;(H2,2,3,4)/q2*+1;/p-2. The van der Waals surface area contributed by atoms with E-state index in [1.54, 1.807) is 0 Å². The summed E-state index contributed by atoms with van der Waals surface area (Å²) < 4.78 is 2.94. The maximum absolute atomic E-state index is 8.33. The van der Waals surface area contributed by atoms with E-state index in [0.29, 0.717) is 0 Å². The average molecular weight is 882 g/mol. The molecule has 0 aromatic carbocycles. The van der Waals surface area contributed by atoms with Crippen molar-refractivity contribution >= 4 is 6.16 Å². The van der Waals surface area contributed by atoms with Gasteiger partial charge in [-0.2, -0.15) is 0 Å². The predicted molar refractivity (Wildman–Crippen MR) is 275 cm³/mol. The van der Waals surface area contributed by atoms with E-state index in [1.165, 1.54) is 318 Å². The van der Waals surface area contributed by atoms with Gasteiger partial charge in [-0.15, -0.1) is 0 Å². The van der Waals surface area contributed by atoms with E-state index in [1.807, 2.05) is 0 Å². The predicted octanol–water partition coefficient (Wildman–Crippen LogP) is 16.9. The first-order chi connectivity index (χ1) is 30.2. The van der Waals surface area contributed by atoms with E-state index in [4.69, 9.17) is 15.0 Å². The number of carboxylic acid groups (broad SMARTS) is 2. The molecule has 0 radical (unpaired) electrons. The van der Waals surface area contributed by atoms with Gasteiger partial charge in [0, 0.05) is 0 Å². The minimum absolute atomic E-state index is 1.37. The minimum atomic E-state index is -2.33. The van der Waals surface area contributed by atoms with Crippen molar-refractivity contribution < 1.29 is 24.0 Å². The molecule has 0 aliphatic rings. The van der Waals surface area contributed by atoms with Crippen LogP contribution in [0.5, 0.6) is 0 Å². The van der Waals surface area contributed by atoms with E-state index >= 15 is 0 Å². The largest absolute Gasteiger partial charge is 0.652 e. The number of unbranched alkanes of at least 4 members (excludes halogenated alkanes) is 32. The fourth-order valence-electron chi connectivity index (χ4n) is 9.75. The zero-order valence-electron chi connectivity index (χ0n) is 44.6. The molecular formula is C57H120N2O3. The maximum atomic E-state index is 8.33. The Bertz CT molecular complexity index is 633. The van der Waals surface area contributed by atoms with Gasteiger partial charge in [0.25, 0.3) is 0 Å². The van der Waals surface area contributed by atoms with Crippen LogP contribution < -0.4 is 10.2 Å². The molecule has 5 nitrogen and oxygen atoms in total. The summed E-state index contributed by atoms with van der Waals surface area (Å²) in [4.78, 5) is 8.33. The molecule has 0 unspecified atom stereocenters. The molecule has 0 atom stereocenters. The van der Waals surface area contributed by atoms with Crippen molar-refractivity contribution in [2.75, 3.05) is 52.4 Å². The summed E-state index contributed by atoms with van der Waals surface area (Å²) >= 11 is 0. The zero-order chi connectivity index (χ0) is 46.5. The first-order valence-electron chi connectivity index (χ1n) is 28.8. The van der Waals surface area contributed by atoms with Crippen LogP contribution >= 0.6 is 0 Å². The lowest BCUT2D eigenvalue weighted by Gasteiger charge is -2.40. The van der Waals surface area contributed by atoms with Crippen LogP contribution in [0.15, 0.2) is 0 Å². The summed E-state index contributed by atoms with van der Waals surface area (Å²) in [6, 6.07) is 0. The Morgan fingerprint density at radius 2 is 0.323 bits per heavy atom. The Balaban J connectivity index is -0.00000103. The fraction of sp³-hybridized carbons (Fsp3) is 0.982. The van der Waals surface area contributed by atoms with Crippen molar-refractivity contribution in [1.29, 1.82) is 0 Å². The molecule has 0 amide bonds. The number of rotatable bonds is 48. The Kier molecular flexibility index (Phi) is 57.6. The highest BCUT2D eigenvalue weighted by Gasteiger charge is 2.27. The smallest absolute Gasteiger partial charge is 0.0786 e. The molecule has 0 aromatic rings. The molecule has 0 aliphatic carbocycles. The average Bonchev–Trinajstić information content (AvgIpc) is 3.25. The zero-order valence-corrected chi connectivity index (χ0v) is 44.6. The number of nitrogens with zero attached hydrogens (tertiary/aromatic N) is 2. The Hall–Kier alpha value is -0.810. The van der Waals surface area contributed by atoms with Gasteiger partial charge in [0.15, 0.2) is 0 Å². The topological polar surface area (TPSA) is 63.2 Å². The van der Waals surface area contributed by atoms with Crippen LogP contribution in [-0.4, -0.2) is 67.5 Å². The van der Waals surface area contributed by atoms with Gasteiger partial charge in [0.05, 0.1) is 52.4 Å². The third kappa shape index (κ3) is 50.2. The molecule has 0 N–H and O–H groups in total. The molecule has 0 aliphatic heterocycles. The normalized spacial score (nSPS) is 11.6. The van der Waals surface area contributed by atoms with Gasteiger partial charge >= 0.3 is 0 Å². The van der Waals surface area contributed by atoms with Crippen molar-refractivity contribution in [3.8, 4) is 0 Å². The van der Waals surface area contributed by atoms with Crippen LogP contribution in [0.4, 0.5) is 4.79 Å². The third-order valence-corrected chi connectivity index (χ3v) is 13.9. The lowest BCUT2D eigenvalue weighted by atomic mass is 10.1. The van der Waals surface area contributed by atoms with E-state index in [0.717, 1.165) is 0 Å². The summed E-state index contributed by atoms with van der Waals surface area (Å²) in [7, 11) is 0. The molecule has 5 heteroatoms. The van der Waals surface area contributed by atoms with Crippen molar-refractivity contribution in [1.82, 2.24) is 0 Å². The van der Waals surface area contributed by atoms with Gasteiger partial charge in [-0.05, 0) is 109 Å². The quantitative estimate of drug-likeness (QED) is 0.0452. The highest BCUT2D eigenvalue weighted by molar-refractivity contribution is 5.47. The molecule has 0 saturated heterocycles. The molecule has 0 heterocycles. The highest BCUT2D eigenvalue weighted by Crippen LogP contribution is 2.22. The van der Waals surface area contributed by atoms with Gasteiger partial charge in [-0.25, -0.2) is 0 Å². The first-order valence-corrected chi connectivity index (χ1v) is 28.8. The number of carbonyl (C=O) groups is 1. The molecular weight excluding hydrogens is 761 g/mol. The second-order valence-corrected chi connectivity index (χ2v) is 20.0. The van der Waals surface area contributed by atoms with Gasteiger partial charge in [0.1, 0.15) is 0 Å². The Morgan fingerprint density at radius 3 is 0.419 bits per heavy atom. The number of hydrogen-bond acceptors (Lipinski definition) is 3. The van der Waals surface area contributed by atoms with E-state index in [-0.39, 0.29) is 0 Å². The number of quaternary nitrogens is 2. The number of hydrogen-bond donors (Lipinski definition) is 0. The lowest BCUT2D eigenvalue weighted by Crippen LogP contribution is -2.50. The van der Waals surface area contributed by atoms with Gasteiger partial charge in [-0.3, -0.25) is 0 Å². The SMILES string of the molecule is CCCCCCC[N+](CCCCCCC)(CCCCCCC)CCCCCCC.CCCCCCC[N+](CCCCCCC)(CCCCCCC)CCCCCCC.O=C([O-])[O-]. The van der Waals surface area contributed by atoms with Crippen LogP contribution in [0.25, 0.3) is 0 Å². The molecule has 0 spiro atoms. The molecule has 0 saturated carbocycles. The minimum Gasteiger partial charge on any atom is -0.652 e. The Labute approximate surface area is 393 Å². The van der Waals surface area contributed by atoms with Crippen LogP contribution in [0, 0.1) is 0 Å². The van der Waals surface area contributed by atoms with Crippen molar-refractivity contribution in [2.45, 2.75) is 312 Å². The van der Waals surface area contributed by atoms with Gasteiger partial charge in [-0.1, -0.05) is 209 Å². The first kappa shape index (κ1) is 65.5. The maximum Gasteiger partial charge on any atom is 0.0786 e. The molecule has 62 heavy (non-hydrogen) atoms. The molecule has 0 aromatic heterocycles. The third-order valence-electron chi connectivity index (χ3n) is 13.9. The van der Waals surface area contributed by atoms with Crippen LogP contribution in [0.3, 0.4) is 0 Å². The van der Waals surface area contributed by atoms with Crippen LogP contribution in [0.1, 0.15) is 312 Å².